The molecular weight excluding hydrogens is 561 g/mol. The predicted molar refractivity (Wildman–Crippen MR) is 144 cm³/mol. The molecule has 3 aliphatic rings. The second kappa shape index (κ2) is 9.76. The van der Waals surface area contributed by atoms with E-state index in [0.29, 0.717) is 35.2 Å². The van der Waals surface area contributed by atoms with E-state index >= 15 is 0 Å². The molecule has 0 bridgehead atoms. The van der Waals surface area contributed by atoms with E-state index in [4.69, 9.17) is 7.90 Å². The van der Waals surface area contributed by atoms with Crippen molar-refractivity contribution in [1.82, 2.24) is 4.98 Å². The third-order valence-corrected chi connectivity index (χ3v) is 9.81. The number of amides is 1. The molecule has 5 rings (SSSR count). The lowest BCUT2D eigenvalue weighted by atomic mass is 9.54. The van der Waals surface area contributed by atoms with Crippen LogP contribution in [0.3, 0.4) is 0 Å². The number of nitrogens with one attached hydrogen (secondary N) is 1. The Morgan fingerprint density at radius 2 is 2.24 bits per heavy atom. The monoisotopic (exact) mass is 593 g/mol. The lowest BCUT2D eigenvalue weighted by molar-refractivity contribution is -0.116. The first kappa shape index (κ1) is 24.0. The summed E-state index contributed by atoms with van der Waals surface area (Å²) >= 11 is 3.48. The van der Waals surface area contributed by atoms with Gasteiger partial charge in [0.2, 0.25) is 5.91 Å². The fourth-order valence-electron chi connectivity index (χ4n) is 7.12. The Hall–Kier alpha value is -1.68. The van der Waals surface area contributed by atoms with Gasteiger partial charge in [-0.15, -0.1) is 11.3 Å². The average Bonchev–Trinajstić information content (AvgIpc) is 3.37. The molecule has 2 saturated carbocycles. The number of aromatic nitrogens is 1. The van der Waals surface area contributed by atoms with Crippen molar-refractivity contribution < 1.29 is 12.7 Å². The third kappa shape index (κ3) is 4.36. The van der Waals surface area contributed by atoms with Crippen LogP contribution >= 0.6 is 34.3 Å². The van der Waals surface area contributed by atoms with Crippen LogP contribution in [-0.2, 0) is 16.1 Å². The van der Waals surface area contributed by atoms with Crippen molar-refractivity contribution in [3.05, 3.63) is 40.4 Å². The van der Waals surface area contributed by atoms with Crippen LogP contribution in [0.1, 0.15) is 67.4 Å². The van der Waals surface area contributed by atoms with Crippen LogP contribution in [0.25, 0.3) is 0 Å². The number of hydrogen-bond donors (Lipinski definition) is 1. The first-order chi connectivity index (χ1) is 16.4. The van der Waals surface area contributed by atoms with Gasteiger partial charge in [-0.25, -0.2) is 4.98 Å². The van der Waals surface area contributed by atoms with Crippen molar-refractivity contribution in [2.45, 2.75) is 64.7 Å². The van der Waals surface area contributed by atoms with Crippen LogP contribution < -0.4 is 8.38 Å². The van der Waals surface area contributed by atoms with E-state index in [2.05, 4.69) is 40.6 Å². The van der Waals surface area contributed by atoms with E-state index in [-0.39, 0.29) is 11.3 Å². The molecule has 3 unspecified atom stereocenters. The Bertz CT molecular complexity index is 1100. The van der Waals surface area contributed by atoms with Crippen LogP contribution in [0.15, 0.2) is 29.6 Å². The van der Waals surface area contributed by atoms with Crippen LogP contribution in [0.2, 0.25) is 0 Å². The molecule has 1 aromatic heterocycles. The highest BCUT2D eigenvalue weighted by Crippen LogP contribution is 2.62. The number of hydrogen-bond acceptors (Lipinski definition) is 6. The molecule has 1 heterocycles. The number of aryl methyl sites for hydroxylation is 2. The summed E-state index contributed by atoms with van der Waals surface area (Å²) in [4.78, 5) is 23.4. The lowest BCUT2D eigenvalue weighted by Crippen LogP contribution is -2.44. The maximum Gasteiger partial charge on any atom is 0.226 e. The fourth-order valence-corrected chi connectivity index (χ4v) is 8.07. The Balaban J connectivity index is 1.37. The lowest BCUT2D eigenvalue weighted by Gasteiger charge is -2.50. The first-order valence-electron chi connectivity index (χ1n) is 12.2. The summed E-state index contributed by atoms with van der Waals surface area (Å²) in [6.07, 6.45) is 8.68. The van der Waals surface area contributed by atoms with E-state index in [9.17, 15) is 4.79 Å². The molecule has 0 aliphatic heterocycles. The standard InChI is InChI=1S/C26H32IN3O3S/c1-15-14-28-25(34-15)29-23(31)9-5-17-13-22(30-32-3)26(2)11-10-20-19-8-6-18(33-27)12-16(19)4-7-21(20)24(17)26/h6,8,12,14,17,20-21,24H,4-5,7,9-11,13H2,1-3H3,(H,28,29,31)/b30-22+/t17-,20?,21?,24?,26-/m1/s1. The van der Waals surface area contributed by atoms with E-state index < -0.39 is 0 Å². The van der Waals surface area contributed by atoms with Gasteiger partial charge in [0.05, 0.1) is 5.71 Å². The van der Waals surface area contributed by atoms with Gasteiger partial charge in [-0.2, -0.15) is 0 Å². The second-order valence-electron chi connectivity index (χ2n) is 10.3. The molecule has 1 aromatic carbocycles. The molecule has 182 valence electrons. The van der Waals surface area contributed by atoms with Crippen molar-refractivity contribution in [2.24, 2.45) is 28.3 Å². The minimum Gasteiger partial charge on any atom is -0.428 e. The van der Waals surface area contributed by atoms with Crippen molar-refractivity contribution in [2.75, 3.05) is 12.4 Å². The smallest absolute Gasteiger partial charge is 0.226 e. The van der Waals surface area contributed by atoms with Gasteiger partial charge in [0, 0.05) is 22.9 Å². The van der Waals surface area contributed by atoms with Crippen LogP contribution in [0, 0.1) is 30.1 Å². The van der Waals surface area contributed by atoms with Crippen LogP contribution in [0.5, 0.6) is 5.75 Å². The minimum atomic E-state index is 0.0491. The molecule has 6 nitrogen and oxygen atoms in total. The molecule has 1 amide bonds. The predicted octanol–water partition coefficient (Wildman–Crippen LogP) is 6.68. The summed E-state index contributed by atoms with van der Waals surface area (Å²) in [5.74, 6) is 3.13. The molecule has 0 saturated heterocycles. The van der Waals surface area contributed by atoms with Gasteiger partial charge < -0.3 is 13.2 Å². The fraction of sp³-hybridized carbons (Fsp3) is 0.577. The Morgan fingerprint density at radius 3 is 2.97 bits per heavy atom. The normalized spacial score (nSPS) is 30.9. The van der Waals surface area contributed by atoms with Gasteiger partial charge in [0.15, 0.2) is 28.1 Å². The van der Waals surface area contributed by atoms with Gasteiger partial charge in [-0.05, 0) is 92.4 Å². The number of oxime groups is 1. The number of carbonyl (C=O) groups is 1. The molecule has 0 radical (unpaired) electrons. The highest BCUT2D eigenvalue weighted by Gasteiger charge is 2.57. The third-order valence-electron chi connectivity index (χ3n) is 8.47. The number of thiazole rings is 1. The maximum atomic E-state index is 12.7. The molecule has 2 fully saturated rings. The van der Waals surface area contributed by atoms with Crippen molar-refractivity contribution in [3.63, 3.8) is 0 Å². The number of anilines is 1. The molecular formula is C26H32IN3O3S. The quantitative estimate of drug-likeness (QED) is 0.300. The largest absolute Gasteiger partial charge is 0.428 e. The topological polar surface area (TPSA) is 72.8 Å². The van der Waals surface area contributed by atoms with Crippen LogP contribution in [-0.4, -0.2) is 23.7 Å². The van der Waals surface area contributed by atoms with Gasteiger partial charge in [-0.1, -0.05) is 18.1 Å². The zero-order valence-corrected chi connectivity index (χ0v) is 22.9. The summed E-state index contributed by atoms with van der Waals surface area (Å²) in [6.45, 7) is 4.40. The summed E-state index contributed by atoms with van der Waals surface area (Å²) in [5, 5.41) is 8.20. The molecule has 1 N–H and O–H groups in total. The molecule has 8 heteroatoms. The van der Waals surface area contributed by atoms with E-state index in [1.165, 1.54) is 41.0 Å². The van der Waals surface area contributed by atoms with Gasteiger partial charge in [-0.3, -0.25) is 4.79 Å². The van der Waals surface area contributed by atoms with Gasteiger partial charge in [0.1, 0.15) is 12.9 Å². The molecule has 0 spiro atoms. The van der Waals surface area contributed by atoms with E-state index in [0.717, 1.165) is 36.3 Å². The molecule has 3 aliphatic carbocycles. The van der Waals surface area contributed by atoms with Crippen molar-refractivity contribution in [1.29, 1.82) is 0 Å². The van der Waals surface area contributed by atoms with Gasteiger partial charge in [0.25, 0.3) is 0 Å². The number of halogens is 1. The first-order valence-corrected chi connectivity index (χ1v) is 13.9. The summed E-state index contributed by atoms with van der Waals surface area (Å²) in [6, 6.07) is 6.62. The SMILES string of the molecule is CO/N=C1\C[C@@H](CCC(=O)Nc2ncc(C)s2)C2C3CCc4cc(OI)ccc4C3CC[C@]12C. The minimum absolute atomic E-state index is 0.0491. The van der Waals surface area contributed by atoms with Gasteiger partial charge >= 0.3 is 0 Å². The zero-order chi connectivity index (χ0) is 23.9. The number of nitrogens with zero attached hydrogens (tertiary/aromatic N) is 2. The zero-order valence-electron chi connectivity index (χ0n) is 20.0. The highest BCUT2D eigenvalue weighted by atomic mass is 127. The Labute approximate surface area is 219 Å². The van der Waals surface area contributed by atoms with Crippen molar-refractivity contribution >= 4 is 51.1 Å². The molecule has 2 aromatic rings. The number of benzene rings is 1. The number of carbonyl (C=O) groups excluding carboxylic acids is 1. The Morgan fingerprint density at radius 1 is 1.38 bits per heavy atom. The summed E-state index contributed by atoms with van der Waals surface area (Å²) in [5.41, 5.74) is 4.19. The van der Waals surface area contributed by atoms with E-state index in [1.54, 1.807) is 13.3 Å². The number of fused-ring (bicyclic) bond motifs is 5. The van der Waals surface area contributed by atoms with Crippen molar-refractivity contribution in [3.8, 4) is 5.75 Å². The average molecular weight is 594 g/mol. The summed E-state index contributed by atoms with van der Waals surface area (Å²) in [7, 11) is 1.65. The second-order valence-corrected chi connectivity index (χ2v) is 12.0. The van der Waals surface area contributed by atoms with Crippen LogP contribution in [0.4, 0.5) is 5.13 Å². The Kier molecular flexibility index (Phi) is 6.90. The van der Waals surface area contributed by atoms with E-state index in [1.807, 2.05) is 29.9 Å². The number of rotatable bonds is 6. The molecule has 5 atom stereocenters. The highest BCUT2D eigenvalue weighted by molar-refractivity contribution is 14.1. The summed E-state index contributed by atoms with van der Waals surface area (Å²) < 4.78 is 5.46. The molecule has 34 heavy (non-hydrogen) atoms. The maximum absolute atomic E-state index is 12.7.